The van der Waals surface area contributed by atoms with E-state index < -0.39 is 24.5 Å². The molecule has 7 nitrogen and oxygen atoms in total. The van der Waals surface area contributed by atoms with Crippen LogP contribution in [0.1, 0.15) is 87.0 Å². The largest absolute Gasteiger partial charge is 0.462 e. The lowest BCUT2D eigenvalue weighted by Crippen LogP contribution is -2.65. The highest BCUT2D eigenvalue weighted by Gasteiger charge is 2.69. The zero-order chi connectivity index (χ0) is 24.3. The lowest BCUT2D eigenvalue weighted by Gasteiger charge is -2.67. The Labute approximate surface area is 197 Å². The summed E-state index contributed by atoms with van der Waals surface area (Å²) in [5, 5.41) is 0. The van der Waals surface area contributed by atoms with Crippen molar-refractivity contribution in [3.63, 3.8) is 0 Å². The third-order valence-corrected chi connectivity index (χ3v) is 9.50. The van der Waals surface area contributed by atoms with Gasteiger partial charge in [-0.2, -0.15) is 0 Å². The number of carbonyl (C=O) groups excluding carboxylic acids is 3. The Balaban J connectivity index is 1.78. The minimum Gasteiger partial charge on any atom is -0.462 e. The van der Waals surface area contributed by atoms with Gasteiger partial charge in [0.1, 0.15) is 6.10 Å². The summed E-state index contributed by atoms with van der Waals surface area (Å²) in [6.45, 7) is 13.5. The molecular weight excluding hydrogens is 424 g/mol. The maximum Gasteiger partial charge on any atom is 0.304 e. The average Bonchev–Trinajstić information content (AvgIpc) is 2.96. The van der Waals surface area contributed by atoms with Crippen LogP contribution in [0.3, 0.4) is 0 Å². The van der Waals surface area contributed by atoms with Crippen molar-refractivity contribution in [3.05, 3.63) is 0 Å². The highest BCUT2D eigenvalue weighted by atomic mass is 16.8. The molecule has 0 aromatic heterocycles. The minimum atomic E-state index is -0.778. The van der Waals surface area contributed by atoms with E-state index in [4.69, 9.17) is 18.9 Å². The lowest BCUT2D eigenvalue weighted by atomic mass is 9.38. The van der Waals surface area contributed by atoms with E-state index in [0.29, 0.717) is 12.3 Å². The van der Waals surface area contributed by atoms with E-state index in [1.807, 2.05) is 0 Å². The van der Waals surface area contributed by atoms with Crippen molar-refractivity contribution in [1.29, 1.82) is 0 Å². The van der Waals surface area contributed by atoms with Crippen LogP contribution in [0, 0.1) is 39.9 Å². The van der Waals surface area contributed by atoms with Gasteiger partial charge in [0, 0.05) is 38.5 Å². The van der Waals surface area contributed by atoms with Crippen molar-refractivity contribution in [2.75, 3.05) is 0 Å². The summed E-state index contributed by atoms with van der Waals surface area (Å²) in [5.41, 5.74) is -0.246. The normalized spacial score (nSPS) is 45.7. The van der Waals surface area contributed by atoms with Gasteiger partial charge in [0.15, 0.2) is 0 Å². The first-order valence-electron chi connectivity index (χ1n) is 12.5. The molecule has 3 aliphatic carbocycles. The smallest absolute Gasteiger partial charge is 0.304 e. The summed E-state index contributed by atoms with van der Waals surface area (Å²) in [5.74, 6) is -0.647. The Bertz CT molecular complexity index is 821. The topological polar surface area (TPSA) is 88.1 Å². The Hall–Kier alpha value is -1.63. The van der Waals surface area contributed by atoms with Crippen molar-refractivity contribution < 1.29 is 33.3 Å². The molecule has 0 bridgehead atoms. The average molecular weight is 465 g/mol. The van der Waals surface area contributed by atoms with E-state index in [2.05, 4.69) is 27.7 Å². The summed E-state index contributed by atoms with van der Waals surface area (Å²) in [4.78, 5) is 36.0. The first kappa shape index (κ1) is 24.5. The van der Waals surface area contributed by atoms with E-state index in [1.165, 1.54) is 20.8 Å². The maximum atomic E-state index is 12.2. The van der Waals surface area contributed by atoms with Crippen molar-refractivity contribution in [1.82, 2.24) is 0 Å². The SMILES string of the molecule is CC(=O)O[C@@H]1O[C@H](OC(C)=O)[C@@H]2[C@H]1CCC1[C@@]3(C)CCCC(C)(C)C3[C@@H](OC(C)=O)C[C@]12C. The number of ether oxygens (including phenoxy) is 4. The zero-order valence-electron chi connectivity index (χ0n) is 21.1. The molecule has 3 saturated carbocycles. The van der Waals surface area contributed by atoms with E-state index in [1.54, 1.807) is 0 Å². The van der Waals surface area contributed by atoms with Crippen LogP contribution in [0.2, 0.25) is 0 Å². The molecule has 2 unspecified atom stereocenters. The van der Waals surface area contributed by atoms with Crippen LogP contribution in [0.4, 0.5) is 0 Å². The monoisotopic (exact) mass is 464 g/mol. The van der Waals surface area contributed by atoms with Crippen molar-refractivity contribution in [3.8, 4) is 0 Å². The zero-order valence-corrected chi connectivity index (χ0v) is 21.1. The number of hydrogen-bond donors (Lipinski definition) is 0. The molecule has 4 rings (SSSR count). The van der Waals surface area contributed by atoms with Gasteiger partial charge in [0.2, 0.25) is 12.6 Å². The van der Waals surface area contributed by atoms with Crippen LogP contribution in [0.25, 0.3) is 0 Å². The molecule has 0 aromatic rings. The molecule has 0 N–H and O–H groups in total. The predicted molar refractivity (Wildman–Crippen MR) is 119 cm³/mol. The highest BCUT2D eigenvalue weighted by Crippen LogP contribution is 2.71. The number of carbonyl (C=O) groups is 3. The van der Waals surface area contributed by atoms with Crippen molar-refractivity contribution in [2.24, 2.45) is 39.9 Å². The molecule has 186 valence electrons. The standard InChI is InChI=1S/C26H40O7/c1-14(27)30-18-13-26(7)19(25(6)12-8-11-24(4,5)21(18)25)10-9-17-20(26)23(32-16(3)29)33-22(17)31-15(2)28/h17-23H,8-13H2,1-7H3/t17-,18+,19?,20+,21?,22-,23+,25-,26-/m1/s1. The second-order valence-corrected chi connectivity index (χ2v) is 12.1. The van der Waals surface area contributed by atoms with E-state index in [-0.39, 0.29) is 46.1 Å². The van der Waals surface area contributed by atoms with Gasteiger partial charge in [-0.15, -0.1) is 0 Å². The molecule has 1 saturated heterocycles. The molecule has 1 heterocycles. The number of hydrogen-bond acceptors (Lipinski definition) is 7. The van der Waals surface area contributed by atoms with Gasteiger partial charge < -0.3 is 18.9 Å². The first-order chi connectivity index (χ1) is 15.3. The molecule has 4 aliphatic rings. The second-order valence-electron chi connectivity index (χ2n) is 12.1. The van der Waals surface area contributed by atoms with Gasteiger partial charge >= 0.3 is 17.9 Å². The Morgan fingerprint density at radius 1 is 0.788 bits per heavy atom. The Morgan fingerprint density at radius 2 is 1.39 bits per heavy atom. The fourth-order valence-corrected chi connectivity index (χ4v) is 8.95. The summed E-state index contributed by atoms with van der Waals surface area (Å²) in [6.07, 6.45) is 4.16. The van der Waals surface area contributed by atoms with Crippen LogP contribution in [-0.4, -0.2) is 36.6 Å². The van der Waals surface area contributed by atoms with Crippen LogP contribution in [0.15, 0.2) is 0 Å². The van der Waals surface area contributed by atoms with Crippen LogP contribution in [-0.2, 0) is 33.3 Å². The minimum absolute atomic E-state index is 0.0138. The Morgan fingerprint density at radius 3 is 2.00 bits per heavy atom. The van der Waals surface area contributed by atoms with E-state index in [9.17, 15) is 14.4 Å². The predicted octanol–water partition coefficient (Wildman–Crippen LogP) is 4.61. The Kier molecular flexibility index (Phi) is 6.12. The molecule has 0 spiro atoms. The molecule has 0 radical (unpaired) electrons. The van der Waals surface area contributed by atoms with Crippen LogP contribution < -0.4 is 0 Å². The molecule has 0 aromatic carbocycles. The third-order valence-electron chi connectivity index (χ3n) is 9.50. The summed E-state index contributed by atoms with van der Waals surface area (Å²) < 4.78 is 23.3. The van der Waals surface area contributed by atoms with E-state index in [0.717, 1.165) is 32.1 Å². The van der Waals surface area contributed by atoms with Gasteiger partial charge in [-0.1, -0.05) is 34.1 Å². The van der Waals surface area contributed by atoms with Crippen LogP contribution >= 0.6 is 0 Å². The van der Waals surface area contributed by atoms with Gasteiger partial charge in [-0.25, -0.2) is 0 Å². The summed E-state index contributed by atoms with van der Waals surface area (Å²) >= 11 is 0. The first-order valence-corrected chi connectivity index (χ1v) is 12.5. The second kappa shape index (κ2) is 8.24. The van der Waals surface area contributed by atoms with Gasteiger partial charge in [0.25, 0.3) is 0 Å². The lowest BCUT2D eigenvalue weighted by molar-refractivity contribution is -0.244. The van der Waals surface area contributed by atoms with Crippen molar-refractivity contribution >= 4 is 17.9 Å². The van der Waals surface area contributed by atoms with E-state index >= 15 is 0 Å². The fraction of sp³-hybridized carbons (Fsp3) is 0.885. The highest BCUT2D eigenvalue weighted by molar-refractivity contribution is 5.67. The number of esters is 3. The number of rotatable bonds is 3. The van der Waals surface area contributed by atoms with Gasteiger partial charge in [-0.3, -0.25) is 14.4 Å². The summed E-state index contributed by atoms with van der Waals surface area (Å²) in [7, 11) is 0. The molecular formula is C26H40O7. The maximum absolute atomic E-state index is 12.2. The molecule has 0 amide bonds. The third kappa shape index (κ3) is 3.98. The molecule has 9 atom stereocenters. The fourth-order valence-electron chi connectivity index (χ4n) is 8.95. The van der Waals surface area contributed by atoms with Crippen LogP contribution in [0.5, 0.6) is 0 Å². The van der Waals surface area contributed by atoms with Crippen molar-refractivity contribution in [2.45, 2.75) is 106 Å². The quantitative estimate of drug-likeness (QED) is 0.445. The molecule has 4 fully saturated rings. The molecule has 7 heteroatoms. The molecule has 1 aliphatic heterocycles. The number of fused-ring (bicyclic) bond motifs is 5. The van der Waals surface area contributed by atoms with Gasteiger partial charge in [0.05, 0.1) is 0 Å². The summed E-state index contributed by atoms with van der Waals surface area (Å²) in [6, 6.07) is 0. The van der Waals surface area contributed by atoms with Gasteiger partial charge in [-0.05, 0) is 54.3 Å². The molecule has 33 heavy (non-hydrogen) atoms.